The van der Waals surface area contributed by atoms with Crippen molar-refractivity contribution in [1.29, 1.82) is 0 Å². The molecule has 2 aromatic heterocycles. The summed E-state index contributed by atoms with van der Waals surface area (Å²) in [6.07, 6.45) is -0.137. The number of aromatic nitrogens is 4. The Bertz CT molecular complexity index is 1500. The summed E-state index contributed by atoms with van der Waals surface area (Å²) in [7, 11) is 0. The zero-order chi connectivity index (χ0) is 29.9. The average molecular weight is 578 g/mol. The highest BCUT2D eigenvalue weighted by molar-refractivity contribution is 6.03. The largest absolute Gasteiger partial charge is 0.444 e. The zero-order valence-electron chi connectivity index (χ0n) is 22.8. The fraction of sp³-hybridized carbons (Fsp3) is 0.481. The maximum atomic E-state index is 13.7. The number of nitrogens with zero attached hydrogens (tertiary/aromatic N) is 5. The molecule has 0 unspecified atom stereocenters. The van der Waals surface area contributed by atoms with Crippen LogP contribution in [0.4, 0.5) is 28.2 Å². The Morgan fingerprint density at radius 3 is 2.54 bits per heavy atom. The molecular weight excluding hydrogens is 546 g/mol. The predicted octanol–water partition coefficient (Wildman–Crippen LogP) is 4.60. The van der Waals surface area contributed by atoms with E-state index in [0.29, 0.717) is 37.6 Å². The molecule has 3 heterocycles. The number of carbonyl (C=O) groups is 2. The van der Waals surface area contributed by atoms with Gasteiger partial charge >= 0.3 is 12.3 Å². The van der Waals surface area contributed by atoms with Crippen LogP contribution in [0.15, 0.2) is 30.6 Å². The highest BCUT2D eigenvalue weighted by atomic mass is 19.4. The smallest absolute Gasteiger partial charge is 0.416 e. The van der Waals surface area contributed by atoms with Gasteiger partial charge in [-0.25, -0.2) is 13.9 Å². The van der Waals surface area contributed by atoms with E-state index in [9.17, 15) is 27.2 Å². The minimum Gasteiger partial charge on any atom is -0.444 e. The summed E-state index contributed by atoms with van der Waals surface area (Å²) in [6, 6.07) is 2.11. The number of amides is 2. The Morgan fingerprint density at radius 1 is 1.20 bits per heavy atom. The van der Waals surface area contributed by atoms with E-state index in [1.165, 1.54) is 17.1 Å². The van der Waals surface area contributed by atoms with E-state index in [1.54, 1.807) is 9.58 Å². The van der Waals surface area contributed by atoms with Crippen molar-refractivity contribution in [3.05, 3.63) is 53.1 Å². The maximum absolute atomic E-state index is 13.7. The van der Waals surface area contributed by atoms with Crippen molar-refractivity contribution >= 4 is 17.8 Å². The van der Waals surface area contributed by atoms with E-state index in [1.807, 2.05) is 20.8 Å². The lowest BCUT2D eigenvalue weighted by Gasteiger charge is -2.45. The van der Waals surface area contributed by atoms with Crippen LogP contribution in [0.25, 0.3) is 11.3 Å². The lowest BCUT2D eigenvalue weighted by Crippen LogP contribution is -2.43. The molecule has 2 aliphatic rings. The van der Waals surface area contributed by atoms with E-state index in [4.69, 9.17) is 16.2 Å². The lowest BCUT2D eigenvalue weighted by molar-refractivity contribution is -0.138. The summed E-state index contributed by atoms with van der Waals surface area (Å²) in [5.41, 5.74) is 10.4. The molecule has 14 heteroatoms. The van der Waals surface area contributed by atoms with Gasteiger partial charge in [0.1, 0.15) is 28.5 Å². The number of rotatable bonds is 5. The van der Waals surface area contributed by atoms with Gasteiger partial charge in [0, 0.05) is 24.8 Å². The number of nitrogen functional groups attached to an aromatic ring is 1. The normalized spacial score (nSPS) is 20.9. The number of carbonyl (C=O) groups excluding carboxylic acids is 2. The van der Waals surface area contributed by atoms with Crippen LogP contribution in [-0.2, 0) is 17.5 Å². The molecule has 4 N–H and O–H groups in total. The fourth-order valence-electron chi connectivity index (χ4n) is 5.75. The summed E-state index contributed by atoms with van der Waals surface area (Å²) in [5.74, 6) is -1.55. The Balaban J connectivity index is 1.35. The third-order valence-electron chi connectivity index (χ3n) is 7.58. The molecule has 0 atom stereocenters. The molecule has 220 valence electrons. The Labute approximate surface area is 233 Å². The quantitative estimate of drug-likeness (QED) is 0.426. The second kappa shape index (κ2) is 9.77. The van der Waals surface area contributed by atoms with Gasteiger partial charge in [-0.05, 0) is 69.2 Å². The van der Waals surface area contributed by atoms with Gasteiger partial charge < -0.3 is 21.1 Å². The summed E-state index contributed by atoms with van der Waals surface area (Å²) < 4.78 is 62.3. The topological polar surface area (TPSA) is 134 Å². The standard InChI is InChI=1S/C27H31F4N7O3/c1-25(2,3)41-24(40)36-7-6-26(14-36)9-18(10-26)38-22(32)20(23(33)39)21(35-38)16-11-34-37(13-16)12-15-8-17(28)4-5-19(15)27(29,30)31/h4-5,8,11,13,18H,6-7,9-10,12,14,32H2,1-3H3,(H2,33,39). The van der Waals surface area contributed by atoms with Gasteiger partial charge in [-0.15, -0.1) is 0 Å². The van der Waals surface area contributed by atoms with E-state index in [2.05, 4.69) is 10.2 Å². The number of primary amides is 1. The fourth-order valence-corrected chi connectivity index (χ4v) is 5.75. The van der Waals surface area contributed by atoms with Crippen molar-refractivity contribution in [3.63, 3.8) is 0 Å². The molecule has 5 rings (SSSR count). The Kier molecular flexibility index (Phi) is 6.77. The van der Waals surface area contributed by atoms with E-state index in [-0.39, 0.29) is 46.7 Å². The molecule has 2 fully saturated rings. The summed E-state index contributed by atoms with van der Waals surface area (Å²) in [6.45, 7) is 6.20. The molecule has 1 aliphatic carbocycles. The van der Waals surface area contributed by atoms with Crippen LogP contribution in [0.1, 0.15) is 67.6 Å². The van der Waals surface area contributed by atoms with Gasteiger partial charge in [-0.3, -0.25) is 9.48 Å². The number of ether oxygens (including phenoxy) is 1. The van der Waals surface area contributed by atoms with Gasteiger partial charge in [0.2, 0.25) is 0 Å². The monoisotopic (exact) mass is 577 g/mol. The first kappa shape index (κ1) is 28.4. The van der Waals surface area contributed by atoms with Gasteiger partial charge in [-0.2, -0.15) is 23.4 Å². The number of hydrogen-bond acceptors (Lipinski definition) is 6. The van der Waals surface area contributed by atoms with E-state index in [0.717, 1.165) is 18.6 Å². The number of hydrogen-bond donors (Lipinski definition) is 2. The van der Waals surface area contributed by atoms with Crippen molar-refractivity contribution in [2.24, 2.45) is 11.1 Å². The molecule has 0 bridgehead atoms. The molecule has 1 saturated carbocycles. The first-order valence-corrected chi connectivity index (χ1v) is 13.1. The van der Waals surface area contributed by atoms with Gasteiger partial charge in [0.15, 0.2) is 0 Å². The van der Waals surface area contributed by atoms with Crippen LogP contribution in [0, 0.1) is 11.2 Å². The number of anilines is 1. The summed E-state index contributed by atoms with van der Waals surface area (Å²) >= 11 is 0. The summed E-state index contributed by atoms with van der Waals surface area (Å²) in [4.78, 5) is 26.6. The molecule has 10 nitrogen and oxygen atoms in total. The third-order valence-corrected chi connectivity index (χ3v) is 7.58. The maximum Gasteiger partial charge on any atom is 0.416 e. The van der Waals surface area contributed by atoms with Crippen LogP contribution in [0.2, 0.25) is 0 Å². The van der Waals surface area contributed by atoms with Crippen molar-refractivity contribution in [2.75, 3.05) is 18.8 Å². The van der Waals surface area contributed by atoms with E-state index < -0.39 is 29.1 Å². The molecule has 41 heavy (non-hydrogen) atoms. The second-order valence-corrected chi connectivity index (χ2v) is 11.9. The van der Waals surface area contributed by atoms with Crippen LogP contribution in [0.3, 0.4) is 0 Å². The highest BCUT2D eigenvalue weighted by Crippen LogP contribution is 2.55. The Hall–Kier alpha value is -4.10. The number of halogens is 4. The molecule has 2 amide bonds. The minimum absolute atomic E-state index is 0.0194. The van der Waals surface area contributed by atoms with Crippen molar-refractivity contribution in [3.8, 4) is 11.3 Å². The first-order valence-electron chi connectivity index (χ1n) is 13.1. The van der Waals surface area contributed by atoms with Crippen molar-refractivity contribution in [2.45, 2.75) is 64.4 Å². The van der Waals surface area contributed by atoms with Crippen LogP contribution >= 0.6 is 0 Å². The molecule has 1 spiro atoms. The third kappa shape index (κ3) is 5.59. The van der Waals surface area contributed by atoms with Gasteiger partial charge in [-0.1, -0.05) is 0 Å². The number of likely N-dealkylation sites (tertiary alicyclic amines) is 1. The predicted molar refractivity (Wildman–Crippen MR) is 140 cm³/mol. The zero-order valence-corrected chi connectivity index (χ0v) is 22.8. The second-order valence-electron chi connectivity index (χ2n) is 11.9. The molecule has 3 aromatic rings. The Morgan fingerprint density at radius 2 is 1.90 bits per heavy atom. The molecule has 0 radical (unpaired) electrons. The lowest BCUT2D eigenvalue weighted by atomic mass is 9.65. The summed E-state index contributed by atoms with van der Waals surface area (Å²) in [5, 5.41) is 8.67. The number of nitrogens with two attached hydrogens (primary N) is 2. The molecule has 1 aromatic carbocycles. The van der Waals surface area contributed by atoms with Crippen molar-refractivity contribution < 1.29 is 31.9 Å². The highest BCUT2D eigenvalue weighted by Gasteiger charge is 2.51. The molecular formula is C27H31F4N7O3. The van der Waals surface area contributed by atoms with Gasteiger partial charge in [0.25, 0.3) is 5.91 Å². The van der Waals surface area contributed by atoms with Crippen LogP contribution < -0.4 is 11.5 Å². The average Bonchev–Trinajstić information content (AvgIpc) is 3.53. The first-order chi connectivity index (χ1) is 19.1. The molecule has 1 aliphatic heterocycles. The van der Waals surface area contributed by atoms with Crippen LogP contribution in [0.5, 0.6) is 0 Å². The molecule has 1 saturated heterocycles. The SMILES string of the molecule is CC(C)(C)OC(=O)N1CCC2(CC(n3nc(-c4cnn(Cc5cc(F)ccc5C(F)(F)F)c4)c(C(N)=O)c3N)C2)C1. The van der Waals surface area contributed by atoms with Gasteiger partial charge in [0.05, 0.1) is 24.3 Å². The van der Waals surface area contributed by atoms with Crippen LogP contribution in [-0.4, -0.2) is 55.2 Å². The number of alkyl halides is 3. The number of benzene rings is 1. The minimum atomic E-state index is -4.67. The van der Waals surface area contributed by atoms with Crippen molar-refractivity contribution in [1.82, 2.24) is 24.5 Å². The van der Waals surface area contributed by atoms with E-state index >= 15 is 0 Å².